The first-order valence-electron chi connectivity index (χ1n) is 7.35. The predicted octanol–water partition coefficient (Wildman–Crippen LogP) is 2.22. The summed E-state index contributed by atoms with van der Waals surface area (Å²) in [6, 6.07) is 9.28. The van der Waals surface area contributed by atoms with Gasteiger partial charge in [0, 0.05) is 28.9 Å². The lowest BCUT2D eigenvalue weighted by Gasteiger charge is -2.11. The lowest BCUT2D eigenvalue weighted by atomic mass is 10.1. The van der Waals surface area contributed by atoms with Crippen LogP contribution in [0.25, 0.3) is 21.8 Å². The molecule has 0 aliphatic heterocycles. The van der Waals surface area contributed by atoms with Crippen molar-refractivity contribution in [3.63, 3.8) is 0 Å². The first-order chi connectivity index (χ1) is 12.2. The number of nitrogens with two attached hydrogens (primary N) is 1. The number of hydrogen-bond donors (Lipinski definition) is 3. The smallest absolute Gasteiger partial charge is 0.269 e. The van der Waals surface area contributed by atoms with E-state index in [1.807, 2.05) is 6.07 Å². The van der Waals surface area contributed by atoms with Crippen molar-refractivity contribution in [2.75, 3.05) is 5.32 Å². The molecule has 0 radical (unpaired) electrons. The number of aromatic nitrogens is 4. The van der Waals surface area contributed by atoms with Crippen LogP contribution in [-0.2, 0) is 0 Å². The Morgan fingerprint density at radius 3 is 2.92 bits per heavy atom. The highest BCUT2D eigenvalue weighted by molar-refractivity contribution is 6.05. The largest absolute Gasteiger partial charge is 0.364 e. The van der Waals surface area contributed by atoms with Gasteiger partial charge in [-0.3, -0.25) is 19.9 Å². The van der Waals surface area contributed by atoms with E-state index in [0.29, 0.717) is 33.4 Å². The quantitative estimate of drug-likeness (QED) is 0.527. The third kappa shape index (κ3) is 2.40. The topological polar surface area (TPSA) is 133 Å². The van der Waals surface area contributed by atoms with Crippen molar-refractivity contribution < 1.29 is 4.79 Å². The van der Waals surface area contributed by atoms with Gasteiger partial charge in [-0.1, -0.05) is 0 Å². The fraction of sp³-hybridized carbons (Fsp3) is 0. The Morgan fingerprint density at radius 2 is 2.12 bits per heavy atom. The lowest BCUT2D eigenvalue weighted by Crippen LogP contribution is -2.11. The summed E-state index contributed by atoms with van der Waals surface area (Å²) in [6.45, 7) is 0. The molecule has 0 unspecified atom stereocenters. The summed E-state index contributed by atoms with van der Waals surface area (Å²) in [6.07, 6.45) is 4.77. The average Bonchev–Trinajstić information content (AvgIpc) is 3.05. The van der Waals surface area contributed by atoms with E-state index in [-0.39, 0.29) is 5.69 Å². The molecule has 120 valence electrons. The maximum atomic E-state index is 11.5. The minimum Gasteiger partial charge on any atom is -0.364 e. The number of carbonyl (C=O) groups is 1. The van der Waals surface area contributed by atoms with Crippen molar-refractivity contribution in [3.05, 3.63) is 54.1 Å². The molecule has 1 amide bonds. The Labute approximate surface area is 141 Å². The molecular formula is C17H11N7O. The standard InChI is InChI=1S/C17H11N7O/c18-6-9-7-21-14-8-20-4-3-11(14)15(9)22-10-1-2-13-12(5-10)16(17(19)25)24-23-13/h1-5,7-8H,(H2,19,25)(H,21,22)(H,23,24). The third-order valence-electron chi connectivity index (χ3n) is 3.86. The zero-order valence-electron chi connectivity index (χ0n) is 12.8. The Balaban J connectivity index is 1.87. The van der Waals surface area contributed by atoms with Crippen LogP contribution in [0.2, 0.25) is 0 Å². The van der Waals surface area contributed by atoms with Gasteiger partial charge in [0.05, 0.1) is 28.5 Å². The molecule has 0 atom stereocenters. The number of nitrogens with zero attached hydrogens (tertiary/aromatic N) is 4. The van der Waals surface area contributed by atoms with Gasteiger partial charge in [0.25, 0.3) is 5.91 Å². The zero-order chi connectivity index (χ0) is 17.4. The Hall–Kier alpha value is -3.99. The van der Waals surface area contributed by atoms with Gasteiger partial charge in [-0.25, -0.2) is 0 Å². The predicted molar refractivity (Wildman–Crippen MR) is 92.1 cm³/mol. The number of carbonyl (C=O) groups excluding carboxylic acids is 1. The number of nitriles is 1. The normalized spacial score (nSPS) is 10.7. The monoisotopic (exact) mass is 329 g/mol. The molecule has 8 heteroatoms. The van der Waals surface area contributed by atoms with Crippen LogP contribution in [0.4, 0.5) is 11.4 Å². The summed E-state index contributed by atoms with van der Waals surface area (Å²) in [5.41, 5.74) is 8.61. The SMILES string of the molecule is N#Cc1cnc2cnccc2c1Nc1ccc2[nH]nc(C(N)=O)c2c1. The second kappa shape index (κ2) is 5.58. The second-order valence-electron chi connectivity index (χ2n) is 5.37. The average molecular weight is 329 g/mol. The summed E-state index contributed by atoms with van der Waals surface area (Å²) < 4.78 is 0. The van der Waals surface area contributed by atoms with Crippen molar-refractivity contribution in [2.24, 2.45) is 5.73 Å². The Kier molecular flexibility index (Phi) is 3.26. The molecular weight excluding hydrogens is 318 g/mol. The highest BCUT2D eigenvalue weighted by Crippen LogP contribution is 2.29. The highest BCUT2D eigenvalue weighted by Gasteiger charge is 2.13. The van der Waals surface area contributed by atoms with E-state index in [4.69, 9.17) is 5.73 Å². The lowest BCUT2D eigenvalue weighted by molar-refractivity contribution is 0.0997. The van der Waals surface area contributed by atoms with Crippen LogP contribution in [0.1, 0.15) is 16.1 Å². The summed E-state index contributed by atoms with van der Waals surface area (Å²) in [5.74, 6) is -0.610. The van der Waals surface area contributed by atoms with Crippen molar-refractivity contribution >= 4 is 39.1 Å². The Morgan fingerprint density at radius 1 is 1.24 bits per heavy atom. The van der Waals surface area contributed by atoms with Gasteiger partial charge in [-0.15, -0.1) is 0 Å². The number of anilines is 2. The highest BCUT2D eigenvalue weighted by atomic mass is 16.1. The molecule has 0 fully saturated rings. The molecule has 0 aliphatic carbocycles. The van der Waals surface area contributed by atoms with Gasteiger partial charge in [0.1, 0.15) is 6.07 Å². The fourth-order valence-corrected chi connectivity index (χ4v) is 2.69. The number of amides is 1. The number of pyridine rings is 2. The van der Waals surface area contributed by atoms with Crippen molar-refractivity contribution in [1.82, 2.24) is 20.2 Å². The van der Waals surface area contributed by atoms with E-state index in [1.165, 1.54) is 6.20 Å². The first-order valence-corrected chi connectivity index (χ1v) is 7.35. The molecule has 1 aromatic carbocycles. The van der Waals surface area contributed by atoms with E-state index in [2.05, 4.69) is 31.6 Å². The van der Waals surface area contributed by atoms with Crippen LogP contribution in [-0.4, -0.2) is 26.1 Å². The fourth-order valence-electron chi connectivity index (χ4n) is 2.69. The van der Waals surface area contributed by atoms with Crippen molar-refractivity contribution in [1.29, 1.82) is 5.26 Å². The van der Waals surface area contributed by atoms with E-state index >= 15 is 0 Å². The zero-order valence-corrected chi connectivity index (χ0v) is 12.8. The van der Waals surface area contributed by atoms with E-state index in [1.54, 1.807) is 30.6 Å². The molecule has 0 aliphatic rings. The molecule has 0 spiro atoms. The first kappa shape index (κ1) is 14.6. The number of primary amides is 1. The van der Waals surface area contributed by atoms with Crippen molar-refractivity contribution in [2.45, 2.75) is 0 Å². The van der Waals surface area contributed by atoms with Gasteiger partial charge < -0.3 is 11.1 Å². The summed E-state index contributed by atoms with van der Waals surface area (Å²) in [7, 11) is 0. The summed E-state index contributed by atoms with van der Waals surface area (Å²) in [4.78, 5) is 19.8. The molecule has 8 nitrogen and oxygen atoms in total. The van der Waals surface area contributed by atoms with E-state index in [0.717, 1.165) is 5.39 Å². The number of hydrogen-bond acceptors (Lipinski definition) is 6. The number of fused-ring (bicyclic) bond motifs is 2. The molecule has 3 heterocycles. The number of H-pyrrole nitrogens is 1. The number of benzene rings is 1. The van der Waals surface area contributed by atoms with Gasteiger partial charge in [0.2, 0.25) is 0 Å². The van der Waals surface area contributed by atoms with Crippen LogP contribution in [0.3, 0.4) is 0 Å². The van der Waals surface area contributed by atoms with E-state index in [9.17, 15) is 10.1 Å². The van der Waals surface area contributed by atoms with E-state index < -0.39 is 5.91 Å². The maximum Gasteiger partial charge on any atom is 0.269 e. The van der Waals surface area contributed by atoms with Crippen LogP contribution in [0, 0.1) is 11.3 Å². The molecule has 4 rings (SSSR count). The molecule has 4 aromatic rings. The van der Waals surface area contributed by atoms with Crippen LogP contribution in [0.5, 0.6) is 0 Å². The van der Waals surface area contributed by atoms with Gasteiger partial charge in [-0.2, -0.15) is 10.4 Å². The number of rotatable bonds is 3. The Bertz CT molecular complexity index is 1170. The van der Waals surface area contributed by atoms with Crippen molar-refractivity contribution in [3.8, 4) is 6.07 Å². The molecule has 4 N–H and O–H groups in total. The van der Waals surface area contributed by atoms with Crippen LogP contribution in [0.15, 0.2) is 42.9 Å². The number of aromatic amines is 1. The third-order valence-corrected chi connectivity index (χ3v) is 3.86. The molecule has 25 heavy (non-hydrogen) atoms. The minimum atomic E-state index is -0.610. The second-order valence-corrected chi connectivity index (χ2v) is 5.37. The maximum absolute atomic E-state index is 11.5. The molecule has 0 saturated carbocycles. The van der Waals surface area contributed by atoms with Gasteiger partial charge in [0.15, 0.2) is 5.69 Å². The van der Waals surface area contributed by atoms with Gasteiger partial charge in [-0.05, 0) is 24.3 Å². The number of nitrogens with one attached hydrogen (secondary N) is 2. The molecule has 0 bridgehead atoms. The minimum absolute atomic E-state index is 0.169. The van der Waals surface area contributed by atoms with Crippen LogP contribution < -0.4 is 11.1 Å². The molecule has 3 aromatic heterocycles. The summed E-state index contributed by atoms with van der Waals surface area (Å²) >= 11 is 0. The summed E-state index contributed by atoms with van der Waals surface area (Å²) in [5, 5.41) is 20.7. The van der Waals surface area contributed by atoms with Crippen LogP contribution >= 0.6 is 0 Å². The van der Waals surface area contributed by atoms with Gasteiger partial charge >= 0.3 is 0 Å². The molecule has 0 saturated heterocycles.